The van der Waals surface area contributed by atoms with Crippen LogP contribution in [-0.4, -0.2) is 24.4 Å². The number of carbonyl (C=O) groups is 2. The topological polar surface area (TPSA) is 49.4 Å². The highest BCUT2D eigenvalue weighted by Gasteiger charge is 2.31. The molecule has 4 nitrogen and oxygen atoms in total. The van der Waals surface area contributed by atoms with Gasteiger partial charge in [-0.2, -0.15) is 0 Å². The smallest absolute Gasteiger partial charge is 0.253 e. The summed E-state index contributed by atoms with van der Waals surface area (Å²) in [6.07, 6.45) is 0.202. The van der Waals surface area contributed by atoms with Crippen molar-refractivity contribution in [3.8, 4) is 0 Å². The zero-order valence-electron chi connectivity index (χ0n) is 12.1. The Morgan fingerprint density at radius 2 is 1.87 bits per heavy atom. The van der Waals surface area contributed by atoms with Crippen LogP contribution in [0.5, 0.6) is 0 Å². The van der Waals surface area contributed by atoms with Crippen molar-refractivity contribution in [2.24, 2.45) is 0 Å². The molecule has 23 heavy (non-hydrogen) atoms. The average molecular weight is 333 g/mol. The number of amides is 2. The second-order valence-electron chi connectivity index (χ2n) is 5.34. The van der Waals surface area contributed by atoms with Gasteiger partial charge in [-0.05, 0) is 36.4 Å². The van der Waals surface area contributed by atoms with Crippen LogP contribution in [0, 0.1) is 5.82 Å². The first kappa shape index (κ1) is 15.5. The van der Waals surface area contributed by atoms with Gasteiger partial charge in [-0.25, -0.2) is 4.39 Å². The SMILES string of the molecule is O=C(N[C@@H]1CC(=O)N(c2ccc(F)cc2)C1)c1ccccc1Cl. The molecule has 1 saturated heterocycles. The lowest BCUT2D eigenvalue weighted by molar-refractivity contribution is -0.117. The molecule has 2 aromatic rings. The predicted molar refractivity (Wildman–Crippen MR) is 86.1 cm³/mol. The number of rotatable bonds is 3. The van der Waals surface area contributed by atoms with Crippen LogP contribution >= 0.6 is 11.6 Å². The molecule has 118 valence electrons. The van der Waals surface area contributed by atoms with E-state index in [1.54, 1.807) is 36.4 Å². The lowest BCUT2D eigenvalue weighted by Gasteiger charge is -2.17. The molecule has 0 aliphatic carbocycles. The molecule has 0 bridgehead atoms. The maximum absolute atomic E-state index is 13.0. The number of carbonyl (C=O) groups excluding carboxylic acids is 2. The highest BCUT2D eigenvalue weighted by Crippen LogP contribution is 2.22. The summed E-state index contributed by atoms with van der Waals surface area (Å²) in [5.74, 6) is -0.778. The van der Waals surface area contributed by atoms with Crippen LogP contribution in [0.1, 0.15) is 16.8 Å². The van der Waals surface area contributed by atoms with E-state index < -0.39 is 0 Å². The highest BCUT2D eigenvalue weighted by molar-refractivity contribution is 6.33. The molecule has 1 N–H and O–H groups in total. The Balaban J connectivity index is 1.69. The minimum atomic E-state index is -0.357. The van der Waals surface area contributed by atoms with E-state index in [0.717, 1.165) is 0 Å². The molecule has 0 saturated carbocycles. The molecule has 3 rings (SSSR count). The lowest BCUT2D eigenvalue weighted by Crippen LogP contribution is -2.37. The molecule has 0 unspecified atom stereocenters. The fourth-order valence-electron chi connectivity index (χ4n) is 2.58. The first-order valence-electron chi connectivity index (χ1n) is 7.16. The summed E-state index contributed by atoms with van der Waals surface area (Å²) in [6, 6.07) is 12.1. The van der Waals surface area contributed by atoms with Crippen molar-refractivity contribution in [3.63, 3.8) is 0 Å². The molecule has 1 aliphatic rings. The molecule has 0 spiro atoms. The molecule has 2 amide bonds. The van der Waals surface area contributed by atoms with Gasteiger partial charge in [-0.3, -0.25) is 9.59 Å². The largest absolute Gasteiger partial charge is 0.347 e. The van der Waals surface area contributed by atoms with Gasteiger partial charge >= 0.3 is 0 Å². The van der Waals surface area contributed by atoms with Crippen molar-refractivity contribution in [1.82, 2.24) is 5.32 Å². The van der Waals surface area contributed by atoms with Gasteiger partial charge in [-0.1, -0.05) is 23.7 Å². The van der Waals surface area contributed by atoms with Crippen molar-refractivity contribution in [2.45, 2.75) is 12.5 Å². The fourth-order valence-corrected chi connectivity index (χ4v) is 2.80. The van der Waals surface area contributed by atoms with E-state index in [2.05, 4.69) is 5.32 Å². The summed E-state index contributed by atoms with van der Waals surface area (Å²) in [5, 5.41) is 3.18. The van der Waals surface area contributed by atoms with E-state index in [4.69, 9.17) is 11.6 Å². The van der Waals surface area contributed by atoms with Crippen molar-refractivity contribution < 1.29 is 14.0 Å². The first-order valence-corrected chi connectivity index (χ1v) is 7.54. The van der Waals surface area contributed by atoms with E-state index in [9.17, 15) is 14.0 Å². The van der Waals surface area contributed by atoms with Gasteiger partial charge in [0.1, 0.15) is 5.82 Å². The number of hydrogen-bond donors (Lipinski definition) is 1. The molecular formula is C17H14ClFN2O2. The normalized spacial score (nSPS) is 17.4. The molecule has 0 radical (unpaired) electrons. The van der Waals surface area contributed by atoms with Gasteiger partial charge in [0.25, 0.3) is 5.91 Å². The molecule has 6 heteroatoms. The van der Waals surface area contributed by atoms with Crippen molar-refractivity contribution in [1.29, 1.82) is 0 Å². The Morgan fingerprint density at radius 3 is 2.57 bits per heavy atom. The van der Waals surface area contributed by atoms with Crippen LogP contribution in [0.2, 0.25) is 5.02 Å². The zero-order chi connectivity index (χ0) is 16.4. The van der Waals surface area contributed by atoms with E-state index in [-0.39, 0.29) is 30.1 Å². The number of hydrogen-bond acceptors (Lipinski definition) is 2. The number of halogens is 2. The van der Waals surface area contributed by atoms with Crippen LogP contribution in [0.15, 0.2) is 48.5 Å². The van der Waals surface area contributed by atoms with Crippen LogP contribution in [0.25, 0.3) is 0 Å². The standard InChI is InChI=1S/C17H14ClFN2O2/c18-15-4-2-1-3-14(15)17(23)20-12-9-16(22)21(10-12)13-7-5-11(19)6-8-13/h1-8,12H,9-10H2,(H,20,23)/t12-/m1/s1. The number of benzene rings is 2. The summed E-state index contributed by atoms with van der Waals surface area (Å²) in [4.78, 5) is 25.9. The minimum Gasteiger partial charge on any atom is -0.347 e. The van der Waals surface area contributed by atoms with E-state index in [1.807, 2.05) is 0 Å². The van der Waals surface area contributed by atoms with Crippen LogP contribution in [0.4, 0.5) is 10.1 Å². The summed E-state index contributed by atoms with van der Waals surface area (Å²) in [5.41, 5.74) is 0.993. The Hall–Kier alpha value is -2.40. The van der Waals surface area contributed by atoms with Gasteiger partial charge in [0.2, 0.25) is 5.91 Å². The Kier molecular flexibility index (Phi) is 4.30. The number of nitrogens with zero attached hydrogens (tertiary/aromatic N) is 1. The minimum absolute atomic E-state index is 0.110. The molecule has 1 aliphatic heterocycles. The molecule has 1 atom stereocenters. The third kappa shape index (κ3) is 3.35. The van der Waals surface area contributed by atoms with E-state index in [0.29, 0.717) is 22.8 Å². The number of anilines is 1. The average Bonchev–Trinajstić information content (AvgIpc) is 2.89. The van der Waals surface area contributed by atoms with Gasteiger partial charge in [0.05, 0.1) is 16.6 Å². The Labute approximate surface area is 137 Å². The Morgan fingerprint density at radius 1 is 1.17 bits per heavy atom. The van der Waals surface area contributed by atoms with Crippen LogP contribution < -0.4 is 10.2 Å². The molecule has 1 heterocycles. The highest BCUT2D eigenvalue weighted by atomic mass is 35.5. The molecule has 2 aromatic carbocycles. The third-order valence-electron chi connectivity index (χ3n) is 3.72. The third-order valence-corrected chi connectivity index (χ3v) is 4.05. The molecular weight excluding hydrogens is 319 g/mol. The van der Waals surface area contributed by atoms with Crippen LogP contribution in [0.3, 0.4) is 0 Å². The molecule has 1 fully saturated rings. The van der Waals surface area contributed by atoms with Gasteiger partial charge < -0.3 is 10.2 Å². The van der Waals surface area contributed by atoms with Gasteiger partial charge in [0.15, 0.2) is 0 Å². The van der Waals surface area contributed by atoms with E-state index >= 15 is 0 Å². The summed E-state index contributed by atoms with van der Waals surface area (Å²) >= 11 is 6.00. The van der Waals surface area contributed by atoms with Crippen LogP contribution in [-0.2, 0) is 4.79 Å². The monoisotopic (exact) mass is 332 g/mol. The fraction of sp³-hybridized carbons (Fsp3) is 0.176. The maximum atomic E-state index is 13.0. The van der Waals surface area contributed by atoms with Crippen molar-refractivity contribution in [3.05, 3.63) is 64.9 Å². The first-order chi connectivity index (χ1) is 11.0. The second kappa shape index (κ2) is 6.38. The lowest BCUT2D eigenvalue weighted by atomic mass is 10.2. The number of nitrogens with one attached hydrogen (secondary N) is 1. The summed E-state index contributed by atoms with van der Waals surface area (Å²) in [6.45, 7) is 0.348. The van der Waals surface area contributed by atoms with Gasteiger partial charge in [-0.15, -0.1) is 0 Å². The van der Waals surface area contributed by atoms with E-state index in [1.165, 1.54) is 17.0 Å². The second-order valence-corrected chi connectivity index (χ2v) is 5.74. The van der Waals surface area contributed by atoms with Crippen molar-refractivity contribution >= 4 is 29.1 Å². The maximum Gasteiger partial charge on any atom is 0.253 e. The quantitative estimate of drug-likeness (QED) is 0.939. The summed E-state index contributed by atoms with van der Waals surface area (Å²) in [7, 11) is 0. The molecule has 0 aromatic heterocycles. The predicted octanol–water partition coefficient (Wildman–Crippen LogP) is 3.01. The summed E-state index contributed by atoms with van der Waals surface area (Å²) < 4.78 is 13.0. The zero-order valence-corrected chi connectivity index (χ0v) is 12.9. The van der Waals surface area contributed by atoms with Crippen molar-refractivity contribution in [2.75, 3.05) is 11.4 Å². The Bertz CT molecular complexity index is 749. The van der Waals surface area contributed by atoms with Gasteiger partial charge in [0, 0.05) is 18.7 Å².